The molecule has 1 aliphatic carbocycles. The molecule has 0 saturated heterocycles. The number of hydrogen-bond acceptors (Lipinski definition) is 0. The summed E-state index contributed by atoms with van der Waals surface area (Å²) in [6.45, 7) is 14.5. The van der Waals surface area contributed by atoms with Gasteiger partial charge in [-0.25, -0.2) is 0 Å². The average molecular weight is 174 g/mol. The summed E-state index contributed by atoms with van der Waals surface area (Å²) in [7, 11) is 0. The first-order chi connectivity index (χ1) is 5.85. The number of hydrogen-bond donors (Lipinski definition) is 0. The van der Waals surface area contributed by atoms with Crippen LogP contribution >= 0.6 is 0 Å². The highest BCUT2D eigenvalue weighted by atomic mass is 14.2. The van der Waals surface area contributed by atoms with Gasteiger partial charge in [-0.15, -0.1) is 0 Å². The Morgan fingerprint density at radius 3 is 1.08 bits per heavy atom. The summed E-state index contributed by atoms with van der Waals surface area (Å²) < 4.78 is 0. The smallest absolute Gasteiger partial charge is 0.0417 e. The van der Waals surface area contributed by atoms with Crippen molar-refractivity contribution in [3.05, 3.63) is 0 Å². The molecule has 0 heterocycles. The van der Waals surface area contributed by atoms with Crippen molar-refractivity contribution in [3.63, 3.8) is 0 Å². The summed E-state index contributed by atoms with van der Waals surface area (Å²) in [4.78, 5) is 0. The fourth-order valence-corrected chi connectivity index (χ4v) is 0.526. The predicted octanol–water partition coefficient (Wildman–Crippen LogP) is 5.28. The van der Waals surface area contributed by atoms with Gasteiger partial charge in [0.05, 0.1) is 0 Å². The molecule has 0 bridgehead atoms. The highest BCUT2D eigenvalue weighted by Crippen LogP contribution is 2.31. The molecule has 0 N–H and O–H groups in total. The van der Waals surface area contributed by atoms with E-state index in [9.17, 15) is 0 Å². The van der Waals surface area contributed by atoms with Crippen LogP contribution in [0.3, 0.4) is 0 Å². The van der Waals surface area contributed by atoms with Crippen molar-refractivity contribution in [2.24, 2.45) is 5.92 Å². The molecule has 0 unspecified atom stereocenters. The SMILES string of the molecule is CC.CC.CCC.CCC1CC1. The molecule has 0 radical (unpaired) electrons. The fourth-order valence-electron chi connectivity index (χ4n) is 0.526. The van der Waals surface area contributed by atoms with E-state index in [1.807, 2.05) is 27.7 Å². The summed E-state index contributed by atoms with van der Waals surface area (Å²) in [5.41, 5.74) is 0. The summed E-state index contributed by atoms with van der Waals surface area (Å²) in [5, 5.41) is 0. The Labute approximate surface area is 80.8 Å². The van der Waals surface area contributed by atoms with E-state index < -0.39 is 0 Å². The van der Waals surface area contributed by atoms with E-state index >= 15 is 0 Å². The van der Waals surface area contributed by atoms with Crippen LogP contribution in [0.25, 0.3) is 0 Å². The predicted molar refractivity (Wildman–Crippen MR) is 61.7 cm³/mol. The zero-order chi connectivity index (χ0) is 10.4. The van der Waals surface area contributed by atoms with Gasteiger partial charge in [0.1, 0.15) is 0 Å². The van der Waals surface area contributed by atoms with Crippen LogP contribution in [-0.4, -0.2) is 0 Å². The minimum atomic E-state index is 1.13. The monoisotopic (exact) mass is 174 g/mol. The van der Waals surface area contributed by atoms with Crippen LogP contribution in [0.2, 0.25) is 0 Å². The summed E-state index contributed by atoms with van der Waals surface area (Å²) in [6.07, 6.45) is 5.69. The highest BCUT2D eigenvalue weighted by Gasteiger charge is 2.17. The summed E-state index contributed by atoms with van der Waals surface area (Å²) >= 11 is 0. The quantitative estimate of drug-likeness (QED) is 0.507. The normalized spacial score (nSPS) is 12.2. The topological polar surface area (TPSA) is 0 Å². The lowest BCUT2D eigenvalue weighted by Gasteiger charge is -1.72. The Hall–Kier alpha value is 0. The standard InChI is InChI=1S/C5H10.C3H8.2C2H6/c1-2-5-3-4-5;1-3-2;2*1-2/h5H,2-4H2,1H3;3H2,1-2H3;2*1-2H3. The van der Waals surface area contributed by atoms with Gasteiger partial charge in [-0.05, 0) is 5.92 Å². The zero-order valence-electron chi connectivity index (χ0n) is 10.4. The van der Waals surface area contributed by atoms with E-state index in [0.717, 1.165) is 5.92 Å². The molecular formula is C12H30. The van der Waals surface area contributed by atoms with Crippen LogP contribution in [0.4, 0.5) is 0 Å². The van der Waals surface area contributed by atoms with Crippen LogP contribution < -0.4 is 0 Å². The van der Waals surface area contributed by atoms with Crippen LogP contribution in [0.15, 0.2) is 0 Å². The van der Waals surface area contributed by atoms with Crippen LogP contribution in [0.5, 0.6) is 0 Å². The van der Waals surface area contributed by atoms with Crippen molar-refractivity contribution in [2.45, 2.75) is 74.1 Å². The first-order valence-electron chi connectivity index (χ1n) is 5.85. The Bertz CT molecular complexity index is 35.3. The fraction of sp³-hybridized carbons (Fsp3) is 1.00. The van der Waals surface area contributed by atoms with Gasteiger partial charge in [0.25, 0.3) is 0 Å². The van der Waals surface area contributed by atoms with Crippen molar-refractivity contribution < 1.29 is 0 Å². The van der Waals surface area contributed by atoms with Crippen molar-refractivity contribution in [3.8, 4) is 0 Å². The third-order valence-electron chi connectivity index (χ3n) is 1.27. The molecule has 0 aliphatic heterocycles. The molecule has 0 atom stereocenters. The van der Waals surface area contributed by atoms with Crippen molar-refractivity contribution >= 4 is 0 Å². The first kappa shape index (κ1) is 17.9. The molecule has 1 rings (SSSR count). The second kappa shape index (κ2) is 22.4. The molecule has 0 aromatic carbocycles. The van der Waals surface area contributed by atoms with Crippen LogP contribution in [0.1, 0.15) is 74.1 Å². The van der Waals surface area contributed by atoms with Crippen molar-refractivity contribution in [1.82, 2.24) is 0 Å². The first-order valence-corrected chi connectivity index (χ1v) is 5.85. The second-order valence-electron chi connectivity index (χ2n) is 2.56. The maximum Gasteiger partial charge on any atom is -0.0417 e. The molecule has 0 amide bonds. The average Bonchev–Trinajstić information content (AvgIpc) is 2.95. The molecule has 1 aliphatic rings. The molecule has 0 aromatic rings. The lowest BCUT2D eigenvalue weighted by atomic mass is 10.3. The third-order valence-corrected chi connectivity index (χ3v) is 1.27. The lowest BCUT2D eigenvalue weighted by molar-refractivity contribution is 0.799. The number of rotatable bonds is 1. The Morgan fingerprint density at radius 1 is 0.833 bits per heavy atom. The third kappa shape index (κ3) is 32.4. The Balaban J connectivity index is -0.000000102. The molecule has 0 spiro atoms. The molecule has 0 aromatic heterocycles. The molecule has 78 valence electrons. The minimum absolute atomic E-state index is 1.13. The second-order valence-corrected chi connectivity index (χ2v) is 2.56. The summed E-state index contributed by atoms with van der Waals surface area (Å²) in [5.74, 6) is 1.13. The largest absolute Gasteiger partial charge is 0.0683 e. The van der Waals surface area contributed by atoms with Crippen LogP contribution in [-0.2, 0) is 0 Å². The Kier molecular flexibility index (Phi) is 33.5. The lowest BCUT2D eigenvalue weighted by Crippen LogP contribution is -1.59. The molecule has 0 nitrogen and oxygen atoms in total. The van der Waals surface area contributed by atoms with E-state index in [-0.39, 0.29) is 0 Å². The van der Waals surface area contributed by atoms with E-state index in [0.29, 0.717) is 0 Å². The van der Waals surface area contributed by atoms with Crippen molar-refractivity contribution in [2.75, 3.05) is 0 Å². The van der Waals surface area contributed by atoms with E-state index in [2.05, 4.69) is 20.8 Å². The molecular weight excluding hydrogens is 144 g/mol. The van der Waals surface area contributed by atoms with Gasteiger partial charge in [0, 0.05) is 0 Å². The molecule has 12 heavy (non-hydrogen) atoms. The minimum Gasteiger partial charge on any atom is -0.0683 e. The van der Waals surface area contributed by atoms with E-state index in [1.54, 1.807) is 0 Å². The van der Waals surface area contributed by atoms with Gasteiger partial charge in [0.2, 0.25) is 0 Å². The highest BCUT2D eigenvalue weighted by molar-refractivity contribution is 4.69. The van der Waals surface area contributed by atoms with Gasteiger partial charge in [-0.3, -0.25) is 0 Å². The van der Waals surface area contributed by atoms with Gasteiger partial charge in [-0.2, -0.15) is 0 Å². The maximum absolute atomic E-state index is 2.26. The molecule has 1 saturated carbocycles. The van der Waals surface area contributed by atoms with Gasteiger partial charge in [0.15, 0.2) is 0 Å². The molecule has 0 heteroatoms. The maximum atomic E-state index is 2.26. The molecule has 1 fully saturated rings. The zero-order valence-corrected chi connectivity index (χ0v) is 10.4. The van der Waals surface area contributed by atoms with Crippen molar-refractivity contribution in [1.29, 1.82) is 0 Å². The van der Waals surface area contributed by atoms with Crippen LogP contribution in [0, 0.1) is 5.92 Å². The van der Waals surface area contributed by atoms with E-state index in [1.165, 1.54) is 25.7 Å². The Morgan fingerprint density at radius 2 is 1.08 bits per heavy atom. The van der Waals surface area contributed by atoms with Gasteiger partial charge >= 0.3 is 0 Å². The van der Waals surface area contributed by atoms with E-state index in [4.69, 9.17) is 0 Å². The summed E-state index contributed by atoms with van der Waals surface area (Å²) in [6, 6.07) is 0. The van der Waals surface area contributed by atoms with Gasteiger partial charge in [-0.1, -0.05) is 74.1 Å². The van der Waals surface area contributed by atoms with Gasteiger partial charge < -0.3 is 0 Å².